The van der Waals surface area contributed by atoms with Gasteiger partial charge in [0.25, 0.3) is 0 Å². The van der Waals surface area contributed by atoms with E-state index in [0.717, 1.165) is 37.4 Å². The van der Waals surface area contributed by atoms with E-state index in [0.29, 0.717) is 6.04 Å². The van der Waals surface area contributed by atoms with E-state index in [1.165, 1.54) is 0 Å². The molecule has 0 amide bonds. The van der Waals surface area contributed by atoms with Crippen molar-refractivity contribution < 1.29 is 0 Å². The minimum Gasteiger partial charge on any atom is -0.326 e. The summed E-state index contributed by atoms with van der Waals surface area (Å²) in [5.41, 5.74) is 7.87. The Bertz CT molecular complexity index is 507. The van der Waals surface area contributed by atoms with Crippen LogP contribution in [0.25, 0.3) is 5.69 Å². The van der Waals surface area contributed by atoms with Crippen molar-refractivity contribution in [2.75, 3.05) is 13.1 Å². The second-order valence-corrected chi connectivity index (χ2v) is 4.74. The van der Waals surface area contributed by atoms with Crippen LogP contribution in [0.4, 0.5) is 0 Å². The maximum atomic E-state index is 5.89. The molecule has 1 unspecified atom stereocenters. The summed E-state index contributed by atoms with van der Waals surface area (Å²) in [6, 6.07) is 10.3. The Balaban J connectivity index is 1.70. The fourth-order valence-corrected chi connectivity index (χ4v) is 2.29. The van der Waals surface area contributed by atoms with E-state index in [1.54, 1.807) is 4.80 Å². The first-order chi connectivity index (χ1) is 8.81. The van der Waals surface area contributed by atoms with Gasteiger partial charge in [-0.05, 0) is 18.6 Å². The number of aromatic nitrogens is 3. The minimum absolute atomic E-state index is 0.314. The standard InChI is InChI=1S/C13H17N5/c14-11-6-7-17(9-11)10-12-8-15-18(16-12)13-4-2-1-3-5-13/h1-5,8,11H,6-7,9-10,14H2. The third-order valence-electron chi connectivity index (χ3n) is 3.22. The van der Waals surface area contributed by atoms with Crippen LogP contribution in [0.5, 0.6) is 0 Å². The topological polar surface area (TPSA) is 60.0 Å². The fourth-order valence-electron chi connectivity index (χ4n) is 2.29. The van der Waals surface area contributed by atoms with Gasteiger partial charge < -0.3 is 5.73 Å². The minimum atomic E-state index is 0.314. The molecule has 2 heterocycles. The number of hydrogen-bond acceptors (Lipinski definition) is 4. The Morgan fingerprint density at radius 3 is 2.83 bits per heavy atom. The normalized spacial score (nSPS) is 20.4. The highest BCUT2D eigenvalue weighted by Crippen LogP contribution is 2.11. The zero-order chi connectivity index (χ0) is 12.4. The van der Waals surface area contributed by atoms with E-state index in [1.807, 2.05) is 36.5 Å². The Kier molecular flexibility index (Phi) is 3.08. The van der Waals surface area contributed by atoms with E-state index in [2.05, 4.69) is 15.1 Å². The first kappa shape index (κ1) is 11.4. The highest BCUT2D eigenvalue weighted by molar-refractivity contribution is 5.28. The van der Waals surface area contributed by atoms with Gasteiger partial charge in [-0.25, -0.2) is 0 Å². The van der Waals surface area contributed by atoms with Crippen LogP contribution in [-0.4, -0.2) is 39.0 Å². The molecule has 2 N–H and O–H groups in total. The summed E-state index contributed by atoms with van der Waals surface area (Å²) in [4.78, 5) is 4.00. The van der Waals surface area contributed by atoms with Crippen LogP contribution < -0.4 is 5.73 Å². The SMILES string of the molecule is NC1CCN(Cc2cnn(-c3ccccc3)n2)C1. The molecular weight excluding hydrogens is 226 g/mol. The summed E-state index contributed by atoms with van der Waals surface area (Å²) in [6.07, 6.45) is 2.91. The van der Waals surface area contributed by atoms with Crippen molar-refractivity contribution in [3.63, 3.8) is 0 Å². The average Bonchev–Trinajstić information content (AvgIpc) is 3.01. The fraction of sp³-hybridized carbons (Fsp3) is 0.385. The number of para-hydroxylation sites is 1. The molecule has 0 radical (unpaired) electrons. The summed E-state index contributed by atoms with van der Waals surface area (Å²) >= 11 is 0. The van der Waals surface area contributed by atoms with Crippen LogP contribution in [0.15, 0.2) is 36.5 Å². The van der Waals surface area contributed by atoms with Gasteiger partial charge in [0.2, 0.25) is 0 Å². The van der Waals surface area contributed by atoms with E-state index < -0.39 is 0 Å². The maximum absolute atomic E-state index is 5.89. The predicted molar refractivity (Wildman–Crippen MR) is 69.2 cm³/mol. The monoisotopic (exact) mass is 243 g/mol. The van der Waals surface area contributed by atoms with Gasteiger partial charge >= 0.3 is 0 Å². The Hall–Kier alpha value is -1.72. The predicted octanol–water partition coefficient (Wildman–Crippen LogP) is 0.800. The van der Waals surface area contributed by atoms with Gasteiger partial charge in [0.05, 0.1) is 17.6 Å². The third kappa shape index (κ3) is 2.42. The summed E-state index contributed by atoms with van der Waals surface area (Å²) in [5, 5.41) is 8.79. The summed E-state index contributed by atoms with van der Waals surface area (Å²) in [6.45, 7) is 2.85. The molecule has 94 valence electrons. The van der Waals surface area contributed by atoms with Crippen molar-refractivity contribution in [1.82, 2.24) is 19.9 Å². The molecule has 1 aromatic heterocycles. The van der Waals surface area contributed by atoms with Gasteiger partial charge in [0.15, 0.2) is 0 Å². The summed E-state index contributed by atoms with van der Waals surface area (Å²) in [5.74, 6) is 0. The van der Waals surface area contributed by atoms with Gasteiger partial charge in [-0.1, -0.05) is 18.2 Å². The van der Waals surface area contributed by atoms with E-state index in [-0.39, 0.29) is 0 Å². The molecule has 2 aromatic rings. The van der Waals surface area contributed by atoms with E-state index in [4.69, 9.17) is 5.73 Å². The van der Waals surface area contributed by atoms with Crippen LogP contribution in [0.2, 0.25) is 0 Å². The molecule has 5 heteroatoms. The van der Waals surface area contributed by atoms with Crippen LogP contribution >= 0.6 is 0 Å². The van der Waals surface area contributed by atoms with Crippen molar-refractivity contribution in [2.24, 2.45) is 5.73 Å². The van der Waals surface area contributed by atoms with Crippen molar-refractivity contribution in [2.45, 2.75) is 19.0 Å². The number of likely N-dealkylation sites (tertiary alicyclic amines) is 1. The number of nitrogens with two attached hydrogens (primary N) is 1. The van der Waals surface area contributed by atoms with Gasteiger partial charge in [-0.3, -0.25) is 4.90 Å². The Labute approximate surface area is 106 Å². The van der Waals surface area contributed by atoms with E-state index >= 15 is 0 Å². The molecule has 1 fully saturated rings. The first-order valence-corrected chi connectivity index (χ1v) is 6.26. The molecule has 0 bridgehead atoms. The lowest BCUT2D eigenvalue weighted by Crippen LogP contribution is -2.26. The van der Waals surface area contributed by atoms with E-state index in [9.17, 15) is 0 Å². The van der Waals surface area contributed by atoms with Gasteiger partial charge in [-0.2, -0.15) is 15.0 Å². The van der Waals surface area contributed by atoms with Crippen LogP contribution in [0, 0.1) is 0 Å². The third-order valence-corrected chi connectivity index (χ3v) is 3.22. The average molecular weight is 243 g/mol. The number of rotatable bonds is 3. The molecule has 0 spiro atoms. The molecule has 1 aliphatic rings. The highest BCUT2D eigenvalue weighted by Gasteiger charge is 2.19. The molecule has 0 saturated carbocycles. The molecule has 5 nitrogen and oxygen atoms in total. The van der Waals surface area contributed by atoms with Crippen LogP contribution in [0.3, 0.4) is 0 Å². The number of nitrogens with zero attached hydrogens (tertiary/aromatic N) is 4. The van der Waals surface area contributed by atoms with Crippen molar-refractivity contribution >= 4 is 0 Å². The quantitative estimate of drug-likeness (QED) is 0.866. The lowest BCUT2D eigenvalue weighted by atomic mass is 10.3. The molecular formula is C13H17N5. The molecule has 3 rings (SSSR count). The Morgan fingerprint density at radius 1 is 1.28 bits per heavy atom. The number of hydrogen-bond donors (Lipinski definition) is 1. The van der Waals surface area contributed by atoms with Crippen molar-refractivity contribution in [3.05, 3.63) is 42.2 Å². The second kappa shape index (κ2) is 4.88. The molecule has 1 aromatic carbocycles. The lowest BCUT2D eigenvalue weighted by Gasteiger charge is -2.12. The smallest absolute Gasteiger partial charge is 0.0971 e. The second-order valence-electron chi connectivity index (χ2n) is 4.74. The summed E-state index contributed by atoms with van der Waals surface area (Å²) in [7, 11) is 0. The van der Waals surface area contributed by atoms with Crippen molar-refractivity contribution in [1.29, 1.82) is 0 Å². The van der Waals surface area contributed by atoms with Gasteiger partial charge in [0, 0.05) is 25.7 Å². The number of benzene rings is 1. The molecule has 0 aliphatic carbocycles. The maximum Gasteiger partial charge on any atom is 0.0971 e. The zero-order valence-electron chi connectivity index (χ0n) is 10.2. The zero-order valence-corrected chi connectivity index (χ0v) is 10.2. The van der Waals surface area contributed by atoms with Crippen LogP contribution in [0.1, 0.15) is 12.1 Å². The van der Waals surface area contributed by atoms with Crippen LogP contribution in [-0.2, 0) is 6.54 Å². The molecule has 1 saturated heterocycles. The molecule has 1 aliphatic heterocycles. The largest absolute Gasteiger partial charge is 0.326 e. The summed E-state index contributed by atoms with van der Waals surface area (Å²) < 4.78 is 0. The first-order valence-electron chi connectivity index (χ1n) is 6.26. The molecule has 1 atom stereocenters. The van der Waals surface area contributed by atoms with Gasteiger partial charge in [-0.15, -0.1) is 0 Å². The lowest BCUT2D eigenvalue weighted by molar-refractivity contribution is 0.322. The van der Waals surface area contributed by atoms with Crippen molar-refractivity contribution in [3.8, 4) is 5.69 Å². The molecule has 18 heavy (non-hydrogen) atoms. The Morgan fingerprint density at radius 2 is 2.11 bits per heavy atom. The highest BCUT2D eigenvalue weighted by atomic mass is 15.5. The van der Waals surface area contributed by atoms with Gasteiger partial charge in [0.1, 0.15) is 0 Å².